The van der Waals surface area contributed by atoms with E-state index in [1.54, 1.807) is 0 Å². The Morgan fingerprint density at radius 3 is 2.53 bits per heavy atom. The summed E-state index contributed by atoms with van der Waals surface area (Å²) in [6.45, 7) is 11.2. The number of rotatable bonds is 11. The lowest BCUT2D eigenvalue weighted by Crippen LogP contribution is -2.46. The van der Waals surface area contributed by atoms with Crippen LogP contribution in [0.1, 0.15) is 55.6 Å². The molecule has 0 bridgehead atoms. The Kier molecular flexibility index (Phi) is 9.72. The van der Waals surface area contributed by atoms with Crippen molar-refractivity contribution in [1.29, 1.82) is 0 Å². The summed E-state index contributed by atoms with van der Waals surface area (Å²) in [5.41, 5.74) is 17.6. The van der Waals surface area contributed by atoms with Gasteiger partial charge < -0.3 is 15.6 Å². The average molecular weight is 579 g/mol. The molecule has 8 nitrogen and oxygen atoms in total. The Morgan fingerprint density at radius 1 is 1.14 bits per heavy atom. The fraction of sp³-hybridized carbons (Fsp3) is 0.371. The molecule has 1 aliphatic rings. The Morgan fingerprint density at radius 2 is 1.88 bits per heavy atom. The van der Waals surface area contributed by atoms with Crippen molar-refractivity contribution in [3.63, 3.8) is 0 Å². The summed E-state index contributed by atoms with van der Waals surface area (Å²) in [5.74, 6) is 1.11. The predicted molar refractivity (Wildman–Crippen MR) is 178 cm³/mol. The number of nitrogens with two attached hydrogens (primary N) is 1. The Hall–Kier alpha value is -3.82. The summed E-state index contributed by atoms with van der Waals surface area (Å²) >= 11 is 0. The van der Waals surface area contributed by atoms with Gasteiger partial charge in [-0.2, -0.15) is 0 Å². The maximum Gasteiger partial charge on any atom is 0.140 e. The van der Waals surface area contributed by atoms with Crippen LogP contribution in [0.2, 0.25) is 0 Å². The van der Waals surface area contributed by atoms with Gasteiger partial charge in [-0.25, -0.2) is 20.4 Å². The fourth-order valence-electron chi connectivity index (χ4n) is 5.91. The third kappa shape index (κ3) is 7.22. The van der Waals surface area contributed by atoms with Crippen molar-refractivity contribution in [2.24, 2.45) is 7.05 Å². The van der Waals surface area contributed by atoms with Gasteiger partial charge in [-0.05, 0) is 93.7 Å². The van der Waals surface area contributed by atoms with Gasteiger partial charge in [0.05, 0.1) is 6.17 Å². The van der Waals surface area contributed by atoms with Crippen LogP contribution in [0.25, 0.3) is 22.2 Å². The van der Waals surface area contributed by atoms with Gasteiger partial charge in [0.15, 0.2) is 0 Å². The summed E-state index contributed by atoms with van der Waals surface area (Å²) in [7, 11) is 6.19. The molecule has 43 heavy (non-hydrogen) atoms. The highest BCUT2D eigenvalue weighted by Crippen LogP contribution is 2.32. The summed E-state index contributed by atoms with van der Waals surface area (Å²) in [6, 6.07) is 17.6. The molecule has 0 amide bonds. The van der Waals surface area contributed by atoms with Gasteiger partial charge >= 0.3 is 0 Å². The first-order valence-electron chi connectivity index (χ1n) is 15.2. The van der Waals surface area contributed by atoms with Crippen molar-refractivity contribution >= 4 is 16.9 Å². The Labute approximate surface area is 256 Å². The largest absolute Gasteiger partial charge is 0.384 e. The van der Waals surface area contributed by atoms with Crippen LogP contribution in [0, 0.1) is 0 Å². The SMILES string of the molecule is C=C(C)/C=C\C(C)N(C)NC(NC)c1ccc(C2CCN(Cc3cc4c(-c5ccc(N)nc5)ccnc4n3C)CC2)cc1. The zero-order chi connectivity index (χ0) is 30.5. The van der Waals surface area contributed by atoms with E-state index in [1.165, 1.54) is 16.8 Å². The van der Waals surface area contributed by atoms with Gasteiger partial charge in [0.1, 0.15) is 11.5 Å². The molecule has 0 spiro atoms. The number of aromatic nitrogens is 3. The van der Waals surface area contributed by atoms with E-state index in [0.717, 1.165) is 60.2 Å². The number of aryl methyl sites for hydroxylation is 1. The lowest BCUT2D eigenvalue weighted by atomic mass is 9.89. The third-order valence-corrected chi connectivity index (χ3v) is 8.73. The number of nitrogens with zero attached hydrogens (tertiary/aromatic N) is 5. The molecule has 2 atom stereocenters. The number of anilines is 1. The number of hydrogen-bond donors (Lipinski definition) is 3. The minimum Gasteiger partial charge on any atom is -0.384 e. The minimum atomic E-state index is 0.0358. The molecular formula is C35H46N8. The molecule has 1 fully saturated rings. The molecule has 4 N–H and O–H groups in total. The minimum absolute atomic E-state index is 0.0358. The van der Waals surface area contributed by atoms with Gasteiger partial charge in [0.25, 0.3) is 0 Å². The van der Waals surface area contributed by atoms with Gasteiger partial charge in [0, 0.05) is 55.7 Å². The standard InChI is InChI=1S/C35H46N8/c1-24(2)7-8-25(3)42(6)40-34(37-4)28-11-9-26(10-12-28)27-16-19-43(20-17-27)23-30-21-32-31(15-18-38-35(32)41(30)5)29-13-14-33(36)39-22-29/h7-15,18,21-22,25,27,34,37,40H,1,16-17,19-20,23H2,2-6H3,(H2,36,39)/b8-7-. The van der Waals surface area contributed by atoms with E-state index in [9.17, 15) is 0 Å². The van der Waals surface area contributed by atoms with E-state index in [-0.39, 0.29) is 12.2 Å². The predicted octanol–water partition coefficient (Wildman–Crippen LogP) is 5.77. The first kappa shape index (κ1) is 30.6. The number of nitrogens with one attached hydrogen (secondary N) is 2. The van der Waals surface area contributed by atoms with Crippen molar-refractivity contribution in [2.75, 3.05) is 32.9 Å². The number of hydrogen-bond acceptors (Lipinski definition) is 7. The van der Waals surface area contributed by atoms with E-state index >= 15 is 0 Å². The van der Waals surface area contributed by atoms with Crippen LogP contribution in [0.3, 0.4) is 0 Å². The van der Waals surface area contributed by atoms with Gasteiger partial charge in [-0.3, -0.25) is 4.90 Å². The van der Waals surface area contributed by atoms with Crippen LogP contribution < -0.4 is 16.5 Å². The zero-order valence-electron chi connectivity index (χ0n) is 26.2. The van der Waals surface area contributed by atoms with Crippen LogP contribution in [-0.2, 0) is 13.6 Å². The Bertz CT molecular complexity index is 1550. The van der Waals surface area contributed by atoms with Crippen LogP contribution >= 0.6 is 0 Å². The quantitative estimate of drug-likeness (QED) is 0.118. The smallest absolute Gasteiger partial charge is 0.140 e. The topological polar surface area (TPSA) is 87.3 Å². The summed E-state index contributed by atoms with van der Waals surface area (Å²) in [4.78, 5) is 11.6. The lowest BCUT2D eigenvalue weighted by Gasteiger charge is -2.32. The van der Waals surface area contributed by atoms with Crippen molar-refractivity contribution in [3.8, 4) is 11.1 Å². The molecule has 1 aromatic carbocycles. The van der Waals surface area contributed by atoms with E-state index < -0.39 is 0 Å². The second kappa shape index (κ2) is 13.7. The lowest BCUT2D eigenvalue weighted by molar-refractivity contribution is 0.159. The molecule has 8 heteroatoms. The third-order valence-electron chi connectivity index (χ3n) is 8.73. The highest BCUT2D eigenvalue weighted by atomic mass is 15.5. The number of piperidine rings is 1. The number of benzene rings is 1. The first-order valence-corrected chi connectivity index (χ1v) is 15.2. The van der Waals surface area contributed by atoms with Crippen LogP contribution in [-0.4, -0.2) is 57.7 Å². The van der Waals surface area contributed by atoms with Crippen LogP contribution in [0.15, 0.2) is 85.2 Å². The average Bonchev–Trinajstić information content (AvgIpc) is 3.34. The number of hydrazine groups is 1. The maximum atomic E-state index is 5.82. The molecule has 0 saturated carbocycles. The normalized spacial score (nSPS) is 16.3. The van der Waals surface area contributed by atoms with Crippen molar-refractivity contribution in [1.82, 2.24) is 35.2 Å². The molecule has 4 aromatic rings. The van der Waals surface area contributed by atoms with E-state index in [0.29, 0.717) is 11.7 Å². The molecule has 1 aliphatic heterocycles. The highest BCUT2D eigenvalue weighted by molar-refractivity contribution is 5.93. The van der Waals surface area contributed by atoms with Crippen molar-refractivity contribution in [2.45, 2.75) is 51.4 Å². The number of fused-ring (bicyclic) bond motifs is 1. The van der Waals surface area contributed by atoms with E-state index in [4.69, 9.17) is 10.7 Å². The first-order chi connectivity index (χ1) is 20.7. The second-order valence-electron chi connectivity index (χ2n) is 11.9. The summed E-state index contributed by atoms with van der Waals surface area (Å²) in [6.07, 6.45) is 10.3. The molecule has 5 rings (SSSR count). The van der Waals surface area contributed by atoms with Gasteiger partial charge in [-0.1, -0.05) is 48.6 Å². The Balaban J connectivity index is 1.19. The van der Waals surface area contributed by atoms with Crippen molar-refractivity contribution in [3.05, 3.63) is 102 Å². The number of likely N-dealkylation sites (tertiary alicyclic amines) is 1. The second-order valence-corrected chi connectivity index (χ2v) is 11.9. The molecule has 4 heterocycles. The number of likely N-dealkylation sites (N-methyl/N-ethyl adjacent to an activating group) is 1. The fourth-order valence-corrected chi connectivity index (χ4v) is 5.91. The van der Waals surface area contributed by atoms with Crippen molar-refractivity contribution < 1.29 is 0 Å². The molecule has 226 valence electrons. The highest BCUT2D eigenvalue weighted by Gasteiger charge is 2.23. The van der Waals surface area contributed by atoms with E-state index in [2.05, 4.69) is 106 Å². The number of allylic oxidation sites excluding steroid dienone is 2. The molecule has 3 aromatic heterocycles. The maximum absolute atomic E-state index is 5.82. The summed E-state index contributed by atoms with van der Waals surface area (Å²) in [5, 5.41) is 6.69. The molecule has 2 unspecified atom stereocenters. The zero-order valence-corrected chi connectivity index (χ0v) is 26.2. The molecule has 0 radical (unpaired) electrons. The molecular weight excluding hydrogens is 532 g/mol. The molecule has 1 saturated heterocycles. The summed E-state index contributed by atoms with van der Waals surface area (Å²) < 4.78 is 2.23. The molecule has 0 aliphatic carbocycles. The number of nitrogen functional groups attached to an aromatic ring is 1. The number of pyridine rings is 2. The monoisotopic (exact) mass is 578 g/mol. The van der Waals surface area contributed by atoms with Gasteiger partial charge in [-0.15, -0.1) is 0 Å². The van der Waals surface area contributed by atoms with Gasteiger partial charge in [0.2, 0.25) is 0 Å². The van der Waals surface area contributed by atoms with E-state index in [1.807, 2.05) is 38.5 Å². The van der Waals surface area contributed by atoms with Crippen LogP contribution in [0.4, 0.5) is 5.82 Å². The van der Waals surface area contributed by atoms with Crippen LogP contribution in [0.5, 0.6) is 0 Å².